The molecule has 0 amide bonds. The first kappa shape index (κ1) is 34.7. The molecule has 9 atom stereocenters. The van der Waals surface area contributed by atoms with Gasteiger partial charge in [0, 0.05) is 0 Å². The highest BCUT2D eigenvalue weighted by Crippen LogP contribution is 2.63. The van der Waals surface area contributed by atoms with E-state index in [2.05, 4.69) is 26.5 Å². The van der Waals surface area contributed by atoms with Crippen LogP contribution in [0, 0.1) is 0 Å². The third kappa shape index (κ3) is 11.8. The van der Waals surface area contributed by atoms with E-state index in [9.17, 15) is 57.4 Å². The molecule has 30 heteroatoms. The number of rotatable bonds is 12. The van der Waals surface area contributed by atoms with Gasteiger partial charge in [-0.15, -0.1) is 0 Å². The first-order valence-electron chi connectivity index (χ1n) is 8.02. The molecular weight excluding hydrogens is 642 g/mol. The van der Waals surface area contributed by atoms with Gasteiger partial charge in [0.05, 0.1) is 0 Å². The van der Waals surface area contributed by atoms with Gasteiger partial charge >= 0.3 is 46.9 Å². The Kier molecular flexibility index (Phi) is 11.2. The average molecular weight is 660 g/mol. The summed E-state index contributed by atoms with van der Waals surface area (Å²) in [6.45, 7) is 0. The molecule has 0 heterocycles. The maximum Gasteiger partial charge on any atom is 0.481 e. The summed E-state index contributed by atoms with van der Waals surface area (Å²) in [5.41, 5.74) is 0. The number of hydrogen-bond acceptors (Lipinski definition) is 15. The SMILES string of the molecule is O=P(O)(O)OP(=O)(O)O[C@H]1[C@H](OP(=O)(O)OP(=O)(O)O)[C@@H](O)[C@H](O)[C@H](O)[C@@H]1OP(=O)(O)OP(=O)(O)O. The molecule has 0 saturated heterocycles. The minimum absolute atomic E-state index is 2.74. The van der Waals surface area contributed by atoms with E-state index in [4.69, 9.17) is 29.4 Å². The van der Waals surface area contributed by atoms with Crippen molar-refractivity contribution in [2.24, 2.45) is 0 Å². The Morgan fingerprint density at radius 1 is 0.389 bits per heavy atom. The predicted octanol–water partition coefficient (Wildman–Crippen LogP) is -3.13. The Hall–Kier alpha value is 0.660. The molecule has 0 spiro atoms. The van der Waals surface area contributed by atoms with E-state index >= 15 is 0 Å². The van der Waals surface area contributed by atoms with Crippen LogP contribution >= 0.6 is 46.9 Å². The van der Waals surface area contributed by atoms with Crippen molar-refractivity contribution >= 4 is 46.9 Å². The molecule has 1 fully saturated rings. The van der Waals surface area contributed by atoms with Gasteiger partial charge in [-0.1, -0.05) is 0 Å². The maximum absolute atomic E-state index is 12.0. The van der Waals surface area contributed by atoms with E-state index in [0.717, 1.165) is 0 Å². The van der Waals surface area contributed by atoms with E-state index in [-0.39, 0.29) is 0 Å². The molecule has 1 aliphatic carbocycles. The number of aliphatic hydroxyl groups excluding tert-OH is 3. The van der Waals surface area contributed by atoms with Gasteiger partial charge in [-0.05, 0) is 0 Å². The summed E-state index contributed by atoms with van der Waals surface area (Å²) < 4.78 is 91.0. The number of hydrogen-bond donors (Lipinski definition) is 12. The second-order valence-corrected chi connectivity index (χ2v) is 14.7. The number of phosphoric ester groups is 3. The van der Waals surface area contributed by atoms with Gasteiger partial charge in [0.1, 0.15) is 36.6 Å². The summed E-state index contributed by atoms with van der Waals surface area (Å²) in [7, 11) is -36.2. The van der Waals surface area contributed by atoms with Crippen LogP contribution in [-0.2, 0) is 53.9 Å². The summed E-state index contributed by atoms with van der Waals surface area (Å²) in [5.74, 6) is 0. The zero-order valence-electron chi connectivity index (χ0n) is 16.4. The van der Waals surface area contributed by atoms with Gasteiger partial charge < -0.3 is 59.4 Å². The molecule has 216 valence electrons. The van der Waals surface area contributed by atoms with E-state index < -0.39 is 83.6 Å². The summed E-state index contributed by atoms with van der Waals surface area (Å²) in [4.78, 5) is 80.5. The average Bonchev–Trinajstić information content (AvgIpc) is 2.53. The van der Waals surface area contributed by atoms with Crippen molar-refractivity contribution < 1.29 is 113 Å². The predicted molar refractivity (Wildman–Crippen MR) is 102 cm³/mol. The fourth-order valence-corrected chi connectivity index (χ4v) is 7.79. The minimum Gasteiger partial charge on any atom is -0.387 e. The monoisotopic (exact) mass is 660 g/mol. The van der Waals surface area contributed by atoms with Crippen LogP contribution in [0.15, 0.2) is 0 Å². The van der Waals surface area contributed by atoms with Crippen LogP contribution in [0.1, 0.15) is 0 Å². The molecule has 24 nitrogen and oxygen atoms in total. The number of aliphatic hydroxyl groups is 3. The Morgan fingerprint density at radius 3 is 0.833 bits per heavy atom. The van der Waals surface area contributed by atoms with Crippen LogP contribution in [0.5, 0.6) is 0 Å². The topological polar surface area (TPSA) is 401 Å². The van der Waals surface area contributed by atoms with Crippen molar-refractivity contribution in [2.45, 2.75) is 36.6 Å². The lowest BCUT2D eigenvalue weighted by Gasteiger charge is -2.45. The highest BCUT2D eigenvalue weighted by Gasteiger charge is 2.58. The fraction of sp³-hybridized carbons (Fsp3) is 1.00. The van der Waals surface area contributed by atoms with Crippen molar-refractivity contribution in [3.05, 3.63) is 0 Å². The summed E-state index contributed by atoms with van der Waals surface area (Å²) >= 11 is 0. The molecule has 1 rings (SSSR count). The first-order valence-corrected chi connectivity index (χ1v) is 17.1. The lowest BCUT2D eigenvalue weighted by Crippen LogP contribution is -2.65. The Balaban J connectivity index is 3.59. The van der Waals surface area contributed by atoms with E-state index in [1.165, 1.54) is 0 Å². The second-order valence-electron chi connectivity index (χ2n) is 6.30. The Bertz CT molecular complexity index is 1000. The van der Waals surface area contributed by atoms with Gasteiger partial charge in [-0.2, -0.15) is 12.9 Å². The smallest absolute Gasteiger partial charge is 0.387 e. The maximum atomic E-state index is 12.0. The second kappa shape index (κ2) is 11.6. The molecule has 0 bridgehead atoms. The Labute approximate surface area is 197 Å². The van der Waals surface area contributed by atoms with Crippen molar-refractivity contribution in [3.63, 3.8) is 0 Å². The molecule has 0 aromatic heterocycles. The quantitative estimate of drug-likeness (QED) is 0.0920. The molecular formula is C6H18O24P6. The molecule has 36 heavy (non-hydrogen) atoms. The molecule has 12 N–H and O–H groups in total. The molecule has 1 aliphatic rings. The Morgan fingerprint density at radius 2 is 0.611 bits per heavy atom. The lowest BCUT2D eigenvalue weighted by atomic mass is 9.85. The van der Waals surface area contributed by atoms with Crippen molar-refractivity contribution in [1.29, 1.82) is 0 Å². The van der Waals surface area contributed by atoms with Crippen molar-refractivity contribution in [2.75, 3.05) is 0 Å². The molecule has 0 aliphatic heterocycles. The van der Waals surface area contributed by atoms with Crippen LogP contribution in [0.2, 0.25) is 0 Å². The highest BCUT2D eigenvalue weighted by atomic mass is 31.3. The van der Waals surface area contributed by atoms with E-state index in [1.54, 1.807) is 0 Å². The number of phosphoric acid groups is 6. The van der Waals surface area contributed by atoms with Crippen molar-refractivity contribution in [1.82, 2.24) is 0 Å². The molecule has 1 saturated carbocycles. The molecule has 0 aromatic carbocycles. The molecule has 0 radical (unpaired) electrons. The highest BCUT2D eigenvalue weighted by molar-refractivity contribution is 7.61. The third-order valence-corrected chi connectivity index (χ3v) is 9.97. The van der Waals surface area contributed by atoms with Crippen LogP contribution in [0.3, 0.4) is 0 Å². The normalized spacial score (nSPS) is 33.3. The zero-order valence-corrected chi connectivity index (χ0v) is 21.8. The van der Waals surface area contributed by atoms with Crippen molar-refractivity contribution in [3.8, 4) is 0 Å². The lowest BCUT2D eigenvalue weighted by molar-refractivity contribution is -0.212. The zero-order chi connectivity index (χ0) is 28.7. The van der Waals surface area contributed by atoms with Crippen LogP contribution in [0.25, 0.3) is 0 Å². The van der Waals surface area contributed by atoms with Gasteiger partial charge in [0.25, 0.3) is 0 Å². The van der Waals surface area contributed by atoms with Gasteiger partial charge in [0.15, 0.2) is 0 Å². The third-order valence-electron chi connectivity index (χ3n) is 3.41. The largest absolute Gasteiger partial charge is 0.481 e. The van der Waals surface area contributed by atoms with Crippen LogP contribution in [-0.4, -0.2) is 96.0 Å². The summed E-state index contributed by atoms with van der Waals surface area (Å²) in [6, 6.07) is 0. The molecule has 0 aromatic rings. The van der Waals surface area contributed by atoms with Crippen LogP contribution in [0.4, 0.5) is 0 Å². The minimum atomic E-state index is -6.20. The van der Waals surface area contributed by atoms with Gasteiger partial charge in [0.2, 0.25) is 0 Å². The first-order chi connectivity index (χ1) is 15.6. The summed E-state index contributed by atoms with van der Waals surface area (Å²) in [6.07, 6.45) is -17.5. The molecule has 3 unspecified atom stereocenters. The standard InChI is InChI=1S/C6H18O24P6/c7-1-2(8)4(25-34(19,20)28-31(10,11)12)6(27-36(23,24)30-33(16,17)18)5(3(1)9)26-35(21,22)29-32(13,14)15/h1-9H,(H,19,20)(H,21,22)(H,23,24)(H2,10,11,12)(H2,13,14,15)(H2,16,17,18)/t1-,2-,3-,4+,5-,6-/m0/s1. The van der Waals surface area contributed by atoms with E-state index in [1.807, 2.05) is 0 Å². The fourth-order valence-electron chi connectivity index (χ4n) is 2.45. The van der Waals surface area contributed by atoms with Gasteiger partial charge in [-0.3, -0.25) is 13.6 Å². The van der Waals surface area contributed by atoms with Crippen LogP contribution < -0.4 is 0 Å². The summed E-state index contributed by atoms with van der Waals surface area (Å²) in [5, 5.41) is 30.0. The van der Waals surface area contributed by atoms with Gasteiger partial charge in [-0.25, -0.2) is 27.4 Å². The van der Waals surface area contributed by atoms with E-state index in [0.29, 0.717) is 0 Å².